The van der Waals surface area contributed by atoms with E-state index < -0.39 is 0 Å². The van der Waals surface area contributed by atoms with E-state index in [2.05, 4.69) is 25.9 Å². The van der Waals surface area contributed by atoms with Crippen LogP contribution in [0.2, 0.25) is 0 Å². The molecule has 3 N–H and O–H groups in total. The number of anilines is 1. The van der Waals surface area contributed by atoms with E-state index in [4.69, 9.17) is 0 Å². The Morgan fingerprint density at radius 3 is 2.22 bits per heavy atom. The van der Waals surface area contributed by atoms with Gasteiger partial charge in [-0.15, -0.1) is 0 Å². The Balaban J connectivity index is 1.49. The molecule has 2 heterocycles. The molecular weight excluding hydrogens is 408 g/mol. The van der Waals surface area contributed by atoms with Gasteiger partial charge in [-0.25, -0.2) is 14.8 Å². The highest BCUT2D eigenvalue weighted by atomic mass is 16.2. The first-order chi connectivity index (χ1) is 15.2. The highest BCUT2D eigenvalue weighted by Gasteiger charge is 2.27. The Labute approximate surface area is 190 Å². The van der Waals surface area contributed by atoms with Crippen LogP contribution in [-0.2, 0) is 4.79 Å². The maximum atomic E-state index is 12.8. The van der Waals surface area contributed by atoms with Gasteiger partial charge in [0.2, 0.25) is 5.91 Å². The average Bonchev–Trinajstić information content (AvgIpc) is 2.74. The van der Waals surface area contributed by atoms with Crippen LogP contribution in [0, 0.1) is 5.41 Å². The second-order valence-electron chi connectivity index (χ2n) is 10.1. The zero-order valence-electron chi connectivity index (χ0n) is 19.4. The van der Waals surface area contributed by atoms with Gasteiger partial charge in [0.15, 0.2) is 11.5 Å². The minimum absolute atomic E-state index is 0.000510. The fourth-order valence-corrected chi connectivity index (χ4v) is 4.25. The van der Waals surface area contributed by atoms with Crippen LogP contribution >= 0.6 is 0 Å². The van der Waals surface area contributed by atoms with Gasteiger partial charge in [0.05, 0.1) is 0 Å². The molecule has 1 saturated carbocycles. The van der Waals surface area contributed by atoms with E-state index in [1.54, 1.807) is 0 Å². The van der Waals surface area contributed by atoms with Gasteiger partial charge in [0.25, 0.3) is 5.91 Å². The molecule has 2 fully saturated rings. The highest BCUT2D eigenvalue weighted by molar-refractivity contribution is 6.01. The van der Waals surface area contributed by atoms with Crippen LogP contribution in [0.25, 0.3) is 0 Å². The molecule has 1 aromatic heterocycles. The first kappa shape index (κ1) is 23.9. The molecule has 176 valence electrons. The van der Waals surface area contributed by atoms with Crippen LogP contribution in [0.1, 0.15) is 82.6 Å². The topological polar surface area (TPSA) is 116 Å². The minimum Gasteiger partial charge on any atom is -0.348 e. The fourth-order valence-electron chi connectivity index (χ4n) is 4.25. The fraction of sp³-hybridized carbons (Fsp3) is 0.696. The van der Waals surface area contributed by atoms with Gasteiger partial charge in [-0.1, -0.05) is 40.0 Å². The van der Waals surface area contributed by atoms with Crippen molar-refractivity contribution in [3.05, 3.63) is 18.1 Å². The van der Waals surface area contributed by atoms with Crippen LogP contribution in [0.5, 0.6) is 0 Å². The zero-order chi connectivity index (χ0) is 23.1. The number of carbonyl (C=O) groups excluding carboxylic acids is 3. The number of urea groups is 1. The molecule has 0 spiro atoms. The van der Waals surface area contributed by atoms with Crippen molar-refractivity contribution in [2.45, 2.75) is 84.2 Å². The molecule has 1 saturated heterocycles. The lowest BCUT2D eigenvalue weighted by atomic mass is 9.92. The number of hydrogen-bond acceptors (Lipinski definition) is 5. The molecule has 2 aliphatic rings. The number of aromatic nitrogens is 2. The van der Waals surface area contributed by atoms with E-state index >= 15 is 0 Å². The van der Waals surface area contributed by atoms with E-state index in [9.17, 15) is 14.4 Å². The second kappa shape index (κ2) is 10.7. The van der Waals surface area contributed by atoms with Crippen LogP contribution in [0.15, 0.2) is 12.4 Å². The van der Waals surface area contributed by atoms with Gasteiger partial charge in [0.1, 0.15) is 0 Å². The van der Waals surface area contributed by atoms with Crippen LogP contribution in [-0.4, -0.2) is 57.9 Å². The van der Waals surface area contributed by atoms with E-state index in [-0.39, 0.29) is 46.9 Å². The largest absolute Gasteiger partial charge is 0.348 e. The molecule has 1 aromatic rings. The number of piperidine rings is 1. The van der Waals surface area contributed by atoms with Crippen molar-refractivity contribution >= 4 is 23.7 Å². The molecule has 0 atom stereocenters. The molecule has 9 nitrogen and oxygen atoms in total. The molecule has 1 aliphatic carbocycles. The summed E-state index contributed by atoms with van der Waals surface area (Å²) in [6.45, 7) is 7.11. The number of carbonyl (C=O) groups is 3. The molecule has 0 unspecified atom stereocenters. The smallest absolute Gasteiger partial charge is 0.317 e. The van der Waals surface area contributed by atoms with Gasteiger partial charge in [0, 0.05) is 44.0 Å². The monoisotopic (exact) mass is 444 g/mol. The van der Waals surface area contributed by atoms with Crippen molar-refractivity contribution in [1.82, 2.24) is 25.5 Å². The molecule has 4 amide bonds. The summed E-state index contributed by atoms with van der Waals surface area (Å²) in [5, 5.41) is 8.85. The Hall–Kier alpha value is -2.71. The standard InChI is InChI=1S/C23H36N6O3/c1-23(2,3)15-18(30)28-20-19(24-11-12-25-20)21(31)26-17-9-13-29(14-10-17)22(32)27-16-7-5-4-6-8-16/h11-12,16-17H,4-10,13-15H2,1-3H3,(H,26,31)(H,27,32)(H,25,28,30). The van der Waals surface area contributed by atoms with Crippen LogP contribution in [0.3, 0.4) is 0 Å². The lowest BCUT2D eigenvalue weighted by molar-refractivity contribution is -0.117. The predicted octanol–water partition coefficient (Wildman–Crippen LogP) is 3.09. The quantitative estimate of drug-likeness (QED) is 0.645. The van der Waals surface area contributed by atoms with Crippen molar-refractivity contribution < 1.29 is 14.4 Å². The van der Waals surface area contributed by atoms with E-state index in [1.165, 1.54) is 31.7 Å². The third-order valence-electron chi connectivity index (χ3n) is 5.91. The van der Waals surface area contributed by atoms with E-state index in [0.717, 1.165) is 12.8 Å². The van der Waals surface area contributed by atoms with Crippen molar-refractivity contribution in [1.29, 1.82) is 0 Å². The molecule has 1 aliphatic heterocycles. The lowest BCUT2D eigenvalue weighted by Crippen LogP contribution is -2.51. The molecule has 3 rings (SSSR count). The summed E-state index contributed by atoms with van der Waals surface area (Å²) in [5.41, 5.74) is -0.0707. The average molecular weight is 445 g/mol. The third-order valence-corrected chi connectivity index (χ3v) is 5.91. The van der Waals surface area contributed by atoms with Gasteiger partial charge < -0.3 is 20.9 Å². The predicted molar refractivity (Wildman–Crippen MR) is 122 cm³/mol. The van der Waals surface area contributed by atoms with Crippen molar-refractivity contribution in [3.8, 4) is 0 Å². The van der Waals surface area contributed by atoms with Gasteiger partial charge in [-0.3, -0.25) is 9.59 Å². The third kappa shape index (κ3) is 7.17. The van der Waals surface area contributed by atoms with Crippen molar-refractivity contribution in [2.24, 2.45) is 5.41 Å². The van der Waals surface area contributed by atoms with E-state index in [1.807, 2.05) is 25.7 Å². The highest BCUT2D eigenvalue weighted by Crippen LogP contribution is 2.21. The second-order valence-corrected chi connectivity index (χ2v) is 10.1. The molecule has 0 aromatic carbocycles. The minimum atomic E-state index is -0.366. The number of nitrogens with zero attached hydrogens (tertiary/aromatic N) is 3. The number of nitrogens with one attached hydrogen (secondary N) is 3. The summed E-state index contributed by atoms with van der Waals surface area (Å²) in [5.74, 6) is -0.401. The molecule has 9 heteroatoms. The summed E-state index contributed by atoms with van der Waals surface area (Å²) in [4.78, 5) is 47.7. The molecule has 0 bridgehead atoms. The first-order valence-corrected chi connectivity index (χ1v) is 11.7. The Bertz CT molecular complexity index is 808. The first-order valence-electron chi connectivity index (χ1n) is 11.7. The van der Waals surface area contributed by atoms with Gasteiger partial charge in [-0.2, -0.15) is 0 Å². The summed E-state index contributed by atoms with van der Waals surface area (Å²) in [6.07, 6.45) is 10.3. The number of hydrogen-bond donors (Lipinski definition) is 3. The van der Waals surface area contributed by atoms with Gasteiger partial charge in [-0.05, 0) is 31.1 Å². The Kier molecular flexibility index (Phi) is 8.04. The SMILES string of the molecule is CC(C)(C)CC(=O)Nc1nccnc1C(=O)NC1CCN(C(=O)NC2CCCCC2)CC1. The molecule has 0 radical (unpaired) electrons. The number of likely N-dealkylation sites (tertiary alicyclic amines) is 1. The summed E-state index contributed by atoms with van der Waals surface area (Å²) in [6, 6.07) is 0.234. The van der Waals surface area contributed by atoms with Crippen molar-refractivity contribution in [3.63, 3.8) is 0 Å². The molecule has 32 heavy (non-hydrogen) atoms. The summed E-state index contributed by atoms with van der Waals surface area (Å²) >= 11 is 0. The maximum absolute atomic E-state index is 12.8. The Morgan fingerprint density at radius 2 is 1.56 bits per heavy atom. The lowest BCUT2D eigenvalue weighted by Gasteiger charge is -2.34. The molecular formula is C23H36N6O3. The number of rotatable bonds is 5. The van der Waals surface area contributed by atoms with Crippen LogP contribution in [0.4, 0.5) is 10.6 Å². The van der Waals surface area contributed by atoms with Gasteiger partial charge >= 0.3 is 6.03 Å². The Morgan fingerprint density at radius 1 is 0.938 bits per heavy atom. The summed E-state index contributed by atoms with van der Waals surface area (Å²) in [7, 11) is 0. The van der Waals surface area contributed by atoms with E-state index in [0.29, 0.717) is 32.4 Å². The van der Waals surface area contributed by atoms with Crippen molar-refractivity contribution in [2.75, 3.05) is 18.4 Å². The maximum Gasteiger partial charge on any atom is 0.317 e. The van der Waals surface area contributed by atoms with Crippen LogP contribution < -0.4 is 16.0 Å². The number of amides is 4. The summed E-state index contributed by atoms with van der Waals surface area (Å²) < 4.78 is 0. The zero-order valence-corrected chi connectivity index (χ0v) is 19.4. The normalized spacial score (nSPS) is 18.2.